The number of hydrogen-bond acceptors (Lipinski definition) is 9. The van der Waals surface area contributed by atoms with Gasteiger partial charge >= 0.3 is 12.1 Å². The fourth-order valence-electron chi connectivity index (χ4n) is 6.11. The van der Waals surface area contributed by atoms with Crippen LogP contribution < -0.4 is 10.3 Å². The highest BCUT2D eigenvalue weighted by Crippen LogP contribution is 2.40. The Hall–Kier alpha value is -5.68. The summed E-state index contributed by atoms with van der Waals surface area (Å²) < 4.78 is 71.3. The Morgan fingerprint density at radius 1 is 1.04 bits per heavy atom. The predicted molar refractivity (Wildman–Crippen MR) is 193 cm³/mol. The van der Waals surface area contributed by atoms with E-state index in [0.29, 0.717) is 22.5 Å². The Balaban J connectivity index is 1.37. The molecule has 2 aromatic carbocycles. The lowest BCUT2D eigenvalue weighted by molar-refractivity contribution is -0.138. The van der Waals surface area contributed by atoms with Crippen LogP contribution in [-0.4, -0.2) is 37.7 Å². The van der Waals surface area contributed by atoms with Gasteiger partial charge in [0.05, 0.1) is 50.0 Å². The first-order valence-electron chi connectivity index (χ1n) is 16.5. The molecule has 0 N–H and O–H groups in total. The molecule has 4 aromatic heterocycles. The van der Waals surface area contributed by atoms with Crippen LogP contribution in [0.4, 0.5) is 17.6 Å². The van der Waals surface area contributed by atoms with Gasteiger partial charge in [0.15, 0.2) is 0 Å². The van der Waals surface area contributed by atoms with Gasteiger partial charge in [-0.2, -0.15) is 18.4 Å². The smallest absolute Gasteiger partial charge is 0.416 e. The first-order valence-corrected chi connectivity index (χ1v) is 17.3. The summed E-state index contributed by atoms with van der Waals surface area (Å²) in [6, 6.07) is 12.3. The number of carbonyl (C=O) groups is 1. The average molecular weight is 744 g/mol. The largest absolute Gasteiger partial charge is 0.491 e. The highest BCUT2D eigenvalue weighted by molar-refractivity contribution is 7.18. The summed E-state index contributed by atoms with van der Waals surface area (Å²) in [7, 11) is 0. The second-order valence-electron chi connectivity index (χ2n) is 13.5. The molecule has 53 heavy (non-hydrogen) atoms. The Morgan fingerprint density at radius 3 is 2.47 bits per heavy atom. The minimum Gasteiger partial charge on any atom is -0.491 e. The van der Waals surface area contributed by atoms with Crippen molar-refractivity contribution in [2.75, 3.05) is 6.61 Å². The lowest BCUT2D eigenvalue weighted by Crippen LogP contribution is -2.28. The number of nitriles is 1. The van der Waals surface area contributed by atoms with Gasteiger partial charge in [0.2, 0.25) is 0 Å². The zero-order chi connectivity index (χ0) is 38.4. The van der Waals surface area contributed by atoms with Gasteiger partial charge in [0, 0.05) is 34.8 Å². The molecular formula is C39H33F4N5O4S. The van der Waals surface area contributed by atoms with Crippen molar-refractivity contribution in [2.45, 2.75) is 66.3 Å². The van der Waals surface area contributed by atoms with E-state index in [9.17, 15) is 32.4 Å². The summed E-state index contributed by atoms with van der Waals surface area (Å²) in [4.78, 5) is 39.8. The van der Waals surface area contributed by atoms with Gasteiger partial charge in [-0.1, -0.05) is 11.6 Å². The Kier molecular flexibility index (Phi) is 9.82. The van der Waals surface area contributed by atoms with Crippen LogP contribution >= 0.6 is 11.3 Å². The third kappa shape index (κ3) is 7.48. The number of pyridine rings is 2. The first kappa shape index (κ1) is 37.1. The van der Waals surface area contributed by atoms with Crippen LogP contribution in [0.15, 0.2) is 58.8 Å². The zero-order valence-corrected chi connectivity index (χ0v) is 30.4. The van der Waals surface area contributed by atoms with E-state index in [1.807, 2.05) is 32.0 Å². The minimum absolute atomic E-state index is 0.0562. The molecule has 0 aliphatic carbocycles. The highest BCUT2D eigenvalue weighted by atomic mass is 32.1. The SMILES string of the molecule is Cc1ccc(OCCn2c(C)nc3cc(C(F)(F)F)c(Cc4ncccc4F)c(C#N)c3c2=O)c(-c2cc(C)nc3c(C(=O)OC(C)(C)C)csc23)c1. The molecule has 14 heteroatoms. The number of aryl methyl sites for hydroxylation is 3. The van der Waals surface area contributed by atoms with Gasteiger partial charge in [-0.3, -0.25) is 19.3 Å². The molecule has 0 fully saturated rings. The number of carbonyl (C=O) groups excluding carboxylic acids is 1. The van der Waals surface area contributed by atoms with E-state index in [-0.39, 0.29) is 35.6 Å². The molecule has 0 bridgehead atoms. The number of alkyl halides is 3. The number of ether oxygens (including phenoxy) is 2. The molecule has 0 aliphatic heterocycles. The molecule has 0 amide bonds. The predicted octanol–water partition coefficient (Wildman–Crippen LogP) is 8.65. The molecule has 0 aliphatic rings. The van der Waals surface area contributed by atoms with Crippen LogP contribution in [0.3, 0.4) is 0 Å². The monoisotopic (exact) mass is 743 g/mol. The van der Waals surface area contributed by atoms with Gasteiger partial charge < -0.3 is 9.47 Å². The second-order valence-corrected chi connectivity index (χ2v) is 14.4. The topological polar surface area (TPSA) is 120 Å². The van der Waals surface area contributed by atoms with Gasteiger partial charge in [-0.15, -0.1) is 11.3 Å². The fraction of sp³-hybridized carbons (Fsp3) is 0.282. The van der Waals surface area contributed by atoms with E-state index >= 15 is 0 Å². The summed E-state index contributed by atoms with van der Waals surface area (Å²) >= 11 is 1.35. The molecule has 6 rings (SSSR count). The van der Waals surface area contributed by atoms with Crippen molar-refractivity contribution in [1.82, 2.24) is 19.5 Å². The van der Waals surface area contributed by atoms with Crippen molar-refractivity contribution in [2.24, 2.45) is 0 Å². The quantitative estimate of drug-likeness (QED) is 0.112. The van der Waals surface area contributed by atoms with Gasteiger partial charge in [0.25, 0.3) is 5.56 Å². The Bertz CT molecular complexity index is 2530. The molecule has 0 unspecified atom stereocenters. The van der Waals surface area contributed by atoms with E-state index in [0.717, 1.165) is 33.5 Å². The summed E-state index contributed by atoms with van der Waals surface area (Å²) in [5.41, 5.74) is -0.404. The summed E-state index contributed by atoms with van der Waals surface area (Å²) in [5, 5.41) is 11.5. The van der Waals surface area contributed by atoms with Crippen LogP contribution in [-0.2, 0) is 23.9 Å². The Morgan fingerprint density at radius 2 is 1.79 bits per heavy atom. The van der Waals surface area contributed by atoms with Crippen molar-refractivity contribution in [3.63, 3.8) is 0 Å². The van der Waals surface area contributed by atoms with E-state index in [2.05, 4.69) is 15.0 Å². The van der Waals surface area contributed by atoms with Crippen LogP contribution in [0.1, 0.15) is 70.6 Å². The first-order chi connectivity index (χ1) is 25.0. The molecule has 0 radical (unpaired) electrons. The van der Waals surface area contributed by atoms with Crippen LogP contribution in [0.25, 0.3) is 32.2 Å². The van der Waals surface area contributed by atoms with Gasteiger partial charge in [-0.05, 0) is 83.5 Å². The number of thiophene rings is 1. The number of nitrogens with zero attached hydrogens (tertiary/aromatic N) is 5. The van der Waals surface area contributed by atoms with Crippen molar-refractivity contribution >= 4 is 38.4 Å². The maximum Gasteiger partial charge on any atom is 0.416 e. The molecule has 0 atom stereocenters. The molecule has 0 spiro atoms. The standard InChI is InChI=1S/C39H33F4N5O4S/c1-20-9-10-32(24(14-20)25-15-21(2)46-34-27(19-53-35(25)34)37(50)52-38(4,5)6)51-13-12-48-22(3)47-31-17-28(39(41,42)43)23(26(18-44)33(31)36(48)49)16-30-29(40)8-7-11-45-30/h7-11,14-15,17,19H,12-13,16H2,1-6H3. The molecule has 0 saturated carbocycles. The van der Waals surface area contributed by atoms with Crippen molar-refractivity contribution in [3.8, 4) is 22.9 Å². The van der Waals surface area contributed by atoms with Gasteiger partial charge in [-0.25, -0.2) is 14.2 Å². The van der Waals surface area contributed by atoms with Crippen LogP contribution in [0.5, 0.6) is 5.75 Å². The summed E-state index contributed by atoms with van der Waals surface area (Å²) in [5.74, 6) is -0.748. The van der Waals surface area contributed by atoms with Gasteiger partial charge in [0.1, 0.15) is 35.7 Å². The normalized spacial score (nSPS) is 11.9. The maximum absolute atomic E-state index is 14.5. The number of aromatic nitrogens is 4. The zero-order valence-electron chi connectivity index (χ0n) is 29.6. The molecule has 9 nitrogen and oxygen atoms in total. The minimum atomic E-state index is -4.93. The molecular weight excluding hydrogens is 711 g/mol. The number of benzene rings is 2. The van der Waals surface area contributed by atoms with Crippen LogP contribution in [0.2, 0.25) is 0 Å². The molecule has 0 saturated heterocycles. The highest BCUT2D eigenvalue weighted by Gasteiger charge is 2.37. The third-order valence-corrected chi connectivity index (χ3v) is 9.41. The Labute approximate surface area is 305 Å². The number of esters is 1. The van der Waals surface area contributed by atoms with E-state index in [1.165, 1.54) is 35.1 Å². The molecule has 272 valence electrons. The van der Waals surface area contributed by atoms with Crippen molar-refractivity contribution in [3.05, 3.63) is 115 Å². The van der Waals surface area contributed by atoms with Crippen molar-refractivity contribution < 1.29 is 31.8 Å². The van der Waals surface area contributed by atoms with E-state index < -0.39 is 52.2 Å². The number of halogens is 4. The average Bonchev–Trinajstić information content (AvgIpc) is 3.50. The lowest BCUT2D eigenvalue weighted by atomic mass is 9.93. The third-order valence-electron chi connectivity index (χ3n) is 8.41. The number of rotatable bonds is 8. The lowest BCUT2D eigenvalue weighted by Gasteiger charge is -2.19. The second kappa shape index (κ2) is 14.0. The van der Waals surface area contributed by atoms with Crippen LogP contribution in [0, 0.1) is 37.9 Å². The molecule has 6 aromatic rings. The molecule has 4 heterocycles. The number of hydrogen-bond donors (Lipinski definition) is 0. The van der Waals surface area contributed by atoms with Crippen molar-refractivity contribution in [1.29, 1.82) is 5.26 Å². The summed E-state index contributed by atoms with van der Waals surface area (Å²) in [6.07, 6.45) is -4.36. The van der Waals surface area contributed by atoms with E-state index in [1.54, 1.807) is 38.3 Å². The maximum atomic E-state index is 14.5. The van der Waals surface area contributed by atoms with E-state index in [4.69, 9.17) is 9.47 Å². The fourth-order valence-corrected chi connectivity index (χ4v) is 7.12. The summed E-state index contributed by atoms with van der Waals surface area (Å²) in [6.45, 7) is 10.5. The number of fused-ring (bicyclic) bond motifs is 2.